The van der Waals surface area contributed by atoms with Crippen LogP contribution in [0.3, 0.4) is 0 Å². The van der Waals surface area contributed by atoms with Crippen molar-refractivity contribution in [1.29, 1.82) is 0 Å². The number of benzene rings is 2. The molecule has 3 rings (SSSR count). The average molecular weight is 426 g/mol. The highest BCUT2D eigenvalue weighted by Crippen LogP contribution is 2.46. The zero-order valence-electron chi connectivity index (χ0n) is 14.4. The zero-order chi connectivity index (χ0) is 19.7. The van der Waals surface area contributed by atoms with Crippen LogP contribution in [0.1, 0.15) is 32.1 Å². The van der Waals surface area contributed by atoms with E-state index >= 15 is 0 Å². The van der Waals surface area contributed by atoms with Gasteiger partial charge in [0.05, 0.1) is 9.79 Å². The first kappa shape index (κ1) is 20.4. The lowest BCUT2D eigenvalue weighted by Crippen LogP contribution is -2.24. The van der Waals surface area contributed by atoms with Gasteiger partial charge in [-0.2, -0.15) is 0 Å². The van der Waals surface area contributed by atoms with E-state index in [1.54, 1.807) is 12.1 Å². The summed E-state index contributed by atoms with van der Waals surface area (Å²) in [5.74, 6) is 0. The van der Waals surface area contributed by atoms with Gasteiger partial charge in [-0.25, -0.2) is 16.8 Å². The molecular weight excluding hydrogens is 407 g/mol. The van der Waals surface area contributed by atoms with Gasteiger partial charge in [-0.1, -0.05) is 43.5 Å². The molecule has 2 aromatic carbocycles. The lowest BCUT2D eigenvalue weighted by molar-refractivity contribution is 0.461. The first-order valence-electron chi connectivity index (χ1n) is 8.57. The first-order valence-corrected chi connectivity index (χ1v) is 12.8. The number of hydrogen-bond acceptors (Lipinski definition) is 6. The topological polar surface area (TPSA) is 114 Å². The summed E-state index contributed by atoms with van der Waals surface area (Å²) in [4.78, 5) is -0.591. The van der Waals surface area contributed by atoms with Crippen molar-refractivity contribution in [3.8, 4) is 0 Å². The van der Waals surface area contributed by atoms with E-state index < -0.39 is 28.2 Å². The van der Waals surface area contributed by atoms with Gasteiger partial charge in [0.25, 0.3) is 0 Å². The second-order valence-electron chi connectivity index (χ2n) is 6.56. The van der Waals surface area contributed by atoms with Gasteiger partial charge in [0.2, 0.25) is 0 Å². The summed E-state index contributed by atoms with van der Waals surface area (Å²) in [5.41, 5.74) is 0.239. The molecule has 0 radical (unpaired) electrons. The lowest BCUT2D eigenvalue weighted by Gasteiger charge is -2.32. The Morgan fingerprint density at radius 3 is 1.59 bits per heavy atom. The minimum absolute atomic E-state index is 0.239. The van der Waals surface area contributed by atoms with Gasteiger partial charge < -0.3 is 9.11 Å². The molecule has 1 aliphatic carbocycles. The molecule has 0 aliphatic heterocycles. The molecule has 27 heavy (non-hydrogen) atoms. The Balaban J connectivity index is 2.13. The van der Waals surface area contributed by atoms with E-state index in [2.05, 4.69) is 0 Å². The lowest BCUT2D eigenvalue weighted by atomic mass is 10.0. The Labute approximate surface area is 160 Å². The van der Waals surface area contributed by atoms with Crippen molar-refractivity contribution < 1.29 is 25.9 Å². The van der Waals surface area contributed by atoms with Crippen LogP contribution in [0.15, 0.2) is 58.3 Å². The van der Waals surface area contributed by atoms with Crippen molar-refractivity contribution in [1.82, 2.24) is 0 Å². The third kappa shape index (κ3) is 4.95. The van der Waals surface area contributed by atoms with Crippen LogP contribution in [0.5, 0.6) is 0 Å². The van der Waals surface area contributed by atoms with E-state index in [1.807, 2.05) is 0 Å². The maximum absolute atomic E-state index is 11.4. The highest BCUT2D eigenvalue weighted by atomic mass is 32.2. The quantitative estimate of drug-likeness (QED) is 0.535. The monoisotopic (exact) mass is 426 g/mol. The van der Waals surface area contributed by atoms with Crippen LogP contribution >= 0.6 is 7.92 Å². The molecule has 6 nitrogen and oxygen atoms in total. The molecule has 0 saturated heterocycles. The van der Waals surface area contributed by atoms with Gasteiger partial charge in [0.1, 0.15) is 20.2 Å². The highest BCUT2D eigenvalue weighted by Gasteiger charge is 2.27. The molecule has 0 amide bonds. The third-order valence-electron chi connectivity index (χ3n) is 4.71. The minimum Gasteiger partial charge on any atom is -0.744 e. The maximum atomic E-state index is 11.4. The van der Waals surface area contributed by atoms with Crippen LogP contribution in [0.2, 0.25) is 0 Å². The molecule has 0 bridgehead atoms. The van der Waals surface area contributed by atoms with Crippen LogP contribution in [-0.2, 0) is 20.2 Å². The van der Waals surface area contributed by atoms with Crippen LogP contribution in [-0.4, -0.2) is 31.6 Å². The summed E-state index contributed by atoms with van der Waals surface area (Å²) in [6.45, 7) is 0. The van der Waals surface area contributed by atoms with Crippen LogP contribution in [0.25, 0.3) is 0 Å². The molecule has 0 unspecified atom stereocenters. The largest absolute Gasteiger partial charge is 0.744 e. The zero-order valence-corrected chi connectivity index (χ0v) is 17.0. The second kappa shape index (κ2) is 7.97. The maximum Gasteiger partial charge on any atom is 0.124 e. The molecule has 1 saturated carbocycles. The Bertz CT molecular complexity index is 952. The summed E-state index contributed by atoms with van der Waals surface area (Å²) in [7, 11) is -10.3. The fourth-order valence-corrected chi connectivity index (χ4v) is 7.77. The van der Waals surface area contributed by atoms with Crippen molar-refractivity contribution in [3.05, 3.63) is 48.5 Å². The fraction of sp³-hybridized carbons (Fsp3) is 0.333. The van der Waals surface area contributed by atoms with Gasteiger partial charge in [-0.15, -0.1) is 0 Å². The van der Waals surface area contributed by atoms with Crippen molar-refractivity contribution in [2.24, 2.45) is 0 Å². The molecule has 0 spiro atoms. The van der Waals surface area contributed by atoms with Crippen molar-refractivity contribution >= 4 is 38.8 Å². The molecule has 0 atom stereocenters. The van der Waals surface area contributed by atoms with E-state index in [9.17, 15) is 25.9 Å². The summed E-state index contributed by atoms with van der Waals surface area (Å²) >= 11 is 0. The SMILES string of the molecule is O=S(=O)([O-])c1cccc(P(c2cccc(S(=O)(=O)[O-])c2)C2CCCCC2)c1. The van der Waals surface area contributed by atoms with Crippen molar-refractivity contribution in [2.45, 2.75) is 47.6 Å². The third-order valence-corrected chi connectivity index (χ3v) is 9.29. The minimum atomic E-state index is -4.59. The molecule has 0 aromatic heterocycles. The van der Waals surface area contributed by atoms with E-state index in [0.717, 1.165) is 32.1 Å². The summed E-state index contributed by atoms with van der Waals surface area (Å²) < 4.78 is 68.6. The average Bonchev–Trinajstić information content (AvgIpc) is 2.62. The van der Waals surface area contributed by atoms with Gasteiger partial charge in [0.15, 0.2) is 0 Å². The predicted octanol–water partition coefficient (Wildman–Crippen LogP) is 2.26. The molecule has 146 valence electrons. The molecular formula is C18H19O6PS2-2. The predicted molar refractivity (Wildman–Crippen MR) is 102 cm³/mol. The smallest absolute Gasteiger partial charge is 0.124 e. The number of hydrogen-bond donors (Lipinski definition) is 0. The molecule has 0 heterocycles. The van der Waals surface area contributed by atoms with Crippen molar-refractivity contribution in [3.63, 3.8) is 0 Å². The van der Waals surface area contributed by atoms with Gasteiger partial charge in [0, 0.05) is 0 Å². The normalized spacial score (nSPS) is 16.6. The van der Waals surface area contributed by atoms with Gasteiger partial charge >= 0.3 is 0 Å². The Hall–Kier alpha value is -1.31. The second-order valence-corrected chi connectivity index (χ2v) is 11.8. The van der Waals surface area contributed by atoms with E-state index in [4.69, 9.17) is 0 Å². The molecule has 9 heteroatoms. The van der Waals surface area contributed by atoms with Crippen LogP contribution in [0, 0.1) is 0 Å². The molecule has 2 aromatic rings. The Morgan fingerprint density at radius 2 is 1.19 bits per heavy atom. The summed E-state index contributed by atoms with van der Waals surface area (Å²) in [6, 6.07) is 11.9. The van der Waals surface area contributed by atoms with E-state index in [1.165, 1.54) is 36.4 Å². The standard InChI is InChI=1S/C18H21O6PS2/c19-26(20,21)17-10-4-8-15(12-17)25(14-6-2-1-3-7-14)16-9-5-11-18(13-16)27(22,23)24/h4-5,8-14H,1-3,6-7H2,(H,19,20,21)(H,22,23,24)/p-2. The van der Waals surface area contributed by atoms with Gasteiger partial charge in [-0.3, -0.25) is 0 Å². The summed E-state index contributed by atoms with van der Waals surface area (Å²) in [6.07, 6.45) is 5.09. The highest BCUT2D eigenvalue weighted by molar-refractivity contribution is 7.86. The first-order chi connectivity index (χ1) is 12.7. The van der Waals surface area contributed by atoms with Crippen LogP contribution in [0.4, 0.5) is 0 Å². The molecule has 0 N–H and O–H groups in total. The van der Waals surface area contributed by atoms with E-state index in [0.29, 0.717) is 10.6 Å². The Morgan fingerprint density at radius 1 is 0.741 bits per heavy atom. The Kier molecular flexibility index (Phi) is 6.03. The van der Waals surface area contributed by atoms with E-state index in [-0.39, 0.29) is 15.4 Å². The molecule has 1 fully saturated rings. The van der Waals surface area contributed by atoms with Crippen molar-refractivity contribution in [2.75, 3.05) is 0 Å². The van der Waals surface area contributed by atoms with Gasteiger partial charge in [-0.05, 0) is 61.3 Å². The molecule has 1 aliphatic rings. The fourth-order valence-electron chi connectivity index (χ4n) is 3.49. The van der Waals surface area contributed by atoms with Crippen LogP contribution < -0.4 is 10.6 Å². The summed E-state index contributed by atoms with van der Waals surface area (Å²) in [5, 5.41) is 1.41. The number of rotatable bonds is 5.